The Kier molecular flexibility index (Phi) is 16.2. The Bertz CT molecular complexity index is 301. The number of alkyl carbamates (subject to hydrolysis) is 1. The third kappa shape index (κ3) is 21.2. The lowest BCUT2D eigenvalue weighted by Crippen LogP contribution is -2.32. The highest BCUT2D eigenvalue weighted by molar-refractivity contribution is 5.67. The SMILES string of the molecule is CC(C)(C)OC(=O)NCCCCCCCCCCCCCCCCN. The van der Waals surface area contributed by atoms with Gasteiger partial charge in [-0.1, -0.05) is 77.0 Å². The first-order chi connectivity index (χ1) is 12.0. The molecule has 25 heavy (non-hydrogen) atoms. The van der Waals surface area contributed by atoms with Gasteiger partial charge >= 0.3 is 6.09 Å². The van der Waals surface area contributed by atoms with Crippen molar-refractivity contribution in [3.05, 3.63) is 0 Å². The second-order valence-corrected chi connectivity index (χ2v) is 8.17. The molecule has 0 heterocycles. The Hall–Kier alpha value is -0.770. The lowest BCUT2D eigenvalue weighted by atomic mass is 10.0. The normalized spacial score (nSPS) is 11.5. The fourth-order valence-corrected chi connectivity index (χ4v) is 2.90. The molecule has 0 aromatic heterocycles. The topological polar surface area (TPSA) is 64.3 Å². The van der Waals surface area contributed by atoms with Crippen LogP contribution in [0.5, 0.6) is 0 Å². The van der Waals surface area contributed by atoms with E-state index in [-0.39, 0.29) is 6.09 Å². The van der Waals surface area contributed by atoms with Crippen LogP contribution >= 0.6 is 0 Å². The quantitative estimate of drug-likeness (QED) is 0.337. The Morgan fingerprint density at radius 2 is 1.08 bits per heavy atom. The fraction of sp³-hybridized carbons (Fsp3) is 0.952. The van der Waals surface area contributed by atoms with Gasteiger partial charge in [-0.3, -0.25) is 0 Å². The van der Waals surface area contributed by atoms with E-state index in [4.69, 9.17) is 10.5 Å². The predicted octanol–water partition coefficient (Wildman–Crippen LogP) is 5.93. The highest BCUT2D eigenvalue weighted by atomic mass is 16.6. The van der Waals surface area contributed by atoms with E-state index in [0.717, 1.165) is 19.5 Å². The van der Waals surface area contributed by atoms with Gasteiger partial charge in [0.1, 0.15) is 5.60 Å². The van der Waals surface area contributed by atoms with Gasteiger partial charge in [0.15, 0.2) is 0 Å². The number of ether oxygens (including phenoxy) is 1. The van der Waals surface area contributed by atoms with Gasteiger partial charge in [-0.2, -0.15) is 0 Å². The average Bonchev–Trinajstić information content (AvgIpc) is 2.53. The number of carbonyl (C=O) groups excluding carboxylic acids is 1. The molecule has 150 valence electrons. The molecule has 0 unspecified atom stereocenters. The monoisotopic (exact) mass is 356 g/mol. The molecular weight excluding hydrogens is 312 g/mol. The van der Waals surface area contributed by atoms with Crippen molar-refractivity contribution in [3.63, 3.8) is 0 Å². The van der Waals surface area contributed by atoms with Gasteiger partial charge in [0, 0.05) is 6.54 Å². The molecule has 0 spiro atoms. The lowest BCUT2D eigenvalue weighted by molar-refractivity contribution is 0.0527. The number of carbonyl (C=O) groups is 1. The van der Waals surface area contributed by atoms with E-state index in [2.05, 4.69) is 5.32 Å². The van der Waals surface area contributed by atoms with E-state index in [9.17, 15) is 4.79 Å². The molecule has 0 aliphatic rings. The Morgan fingerprint density at radius 1 is 0.720 bits per heavy atom. The zero-order valence-electron chi connectivity index (χ0n) is 17.2. The summed E-state index contributed by atoms with van der Waals surface area (Å²) in [5, 5.41) is 2.82. The van der Waals surface area contributed by atoms with Crippen LogP contribution in [0.1, 0.15) is 111 Å². The minimum absolute atomic E-state index is 0.299. The van der Waals surface area contributed by atoms with E-state index in [0.29, 0.717) is 0 Å². The number of unbranched alkanes of at least 4 members (excludes halogenated alkanes) is 13. The molecule has 0 aromatic carbocycles. The number of rotatable bonds is 16. The van der Waals surface area contributed by atoms with Crippen molar-refractivity contribution in [2.75, 3.05) is 13.1 Å². The van der Waals surface area contributed by atoms with E-state index in [1.807, 2.05) is 20.8 Å². The van der Waals surface area contributed by atoms with Gasteiger partial charge in [0.25, 0.3) is 0 Å². The number of nitrogens with two attached hydrogens (primary N) is 1. The summed E-state index contributed by atoms with van der Waals surface area (Å²) in [5.41, 5.74) is 5.08. The summed E-state index contributed by atoms with van der Waals surface area (Å²) in [4.78, 5) is 11.5. The maximum Gasteiger partial charge on any atom is 0.407 e. The summed E-state index contributed by atoms with van der Waals surface area (Å²) >= 11 is 0. The van der Waals surface area contributed by atoms with Crippen molar-refractivity contribution < 1.29 is 9.53 Å². The number of nitrogens with one attached hydrogen (secondary N) is 1. The van der Waals surface area contributed by atoms with Crippen LogP contribution in [0.25, 0.3) is 0 Å². The lowest BCUT2D eigenvalue weighted by Gasteiger charge is -2.19. The Balaban J connectivity index is 3.13. The first-order valence-corrected chi connectivity index (χ1v) is 10.6. The molecule has 0 radical (unpaired) electrons. The van der Waals surface area contributed by atoms with E-state index < -0.39 is 5.60 Å². The third-order valence-electron chi connectivity index (χ3n) is 4.30. The van der Waals surface area contributed by atoms with Crippen molar-refractivity contribution in [1.82, 2.24) is 5.32 Å². The van der Waals surface area contributed by atoms with Crippen LogP contribution in [-0.4, -0.2) is 24.8 Å². The maximum absolute atomic E-state index is 11.5. The van der Waals surface area contributed by atoms with Crippen molar-refractivity contribution in [2.24, 2.45) is 5.73 Å². The molecule has 0 saturated heterocycles. The highest BCUT2D eigenvalue weighted by Gasteiger charge is 2.15. The first-order valence-electron chi connectivity index (χ1n) is 10.6. The van der Waals surface area contributed by atoms with Gasteiger partial charge in [0.05, 0.1) is 0 Å². The summed E-state index contributed by atoms with van der Waals surface area (Å²) in [6.07, 6.45) is 18.1. The fourth-order valence-electron chi connectivity index (χ4n) is 2.90. The van der Waals surface area contributed by atoms with Crippen molar-refractivity contribution >= 4 is 6.09 Å². The van der Waals surface area contributed by atoms with Crippen LogP contribution in [0.3, 0.4) is 0 Å². The summed E-state index contributed by atoms with van der Waals surface area (Å²) < 4.78 is 5.21. The van der Waals surface area contributed by atoms with Gasteiger partial charge < -0.3 is 15.8 Å². The second kappa shape index (κ2) is 16.7. The summed E-state index contributed by atoms with van der Waals surface area (Å²) in [7, 11) is 0. The molecule has 0 aromatic rings. The van der Waals surface area contributed by atoms with E-state index in [1.54, 1.807) is 0 Å². The van der Waals surface area contributed by atoms with Crippen LogP contribution in [0.15, 0.2) is 0 Å². The Morgan fingerprint density at radius 3 is 1.44 bits per heavy atom. The van der Waals surface area contributed by atoms with Gasteiger partial charge in [0.2, 0.25) is 0 Å². The maximum atomic E-state index is 11.5. The molecule has 0 fully saturated rings. The molecule has 0 aliphatic heterocycles. The molecule has 0 bridgehead atoms. The van der Waals surface area contributed by atoms with E-state index >= 15 is 0 Å². The molecule has 3 N–H and O–H groups in total. The number of hydrogen-bond donors (Lipinski definition) is 2. The first kappa shape index (κ1) is 24.2. The molecule has 0 aliphatic carbocycles. The van der Waals surface area contributed by atoms with Gasteiger partial charge in [-0.25, -0.2) is 4.79 Å². The minimum Gasteiger partial charge on any atom is -0.444 e. The van der Waals surface area contributed by atoms with Crippen LogP contribution in [0, 0.1) is 0 Å². The molecular formula is C21H44N2O2. The molecule has 0 saturated carbocycles. The predicted molar refractivity (Wildman–Crippen MR) is 108 cm³/mol. The summed E-state index contributed by atoms with van der Waals surface area (Å²) in [6, 6.07) is 0. The van der Waals surface area contributed by atoms with Gasteiger partial charge in [-0.05, 0) is 40.2 Å². The zero-order valence-corrected chi connectivity index (χ0v) is 17.2. The van der Waals surface area contributed by atoms with Gasteiger partial charge in [-0.15, -0.1) is 0 Å². The third-order valence-corrected chi connectivity index (χ3v) is 4.30. The van der Waals surface area contributed by atoms with E-state index in [1.165, 1.54) is 83.5 Å². The molecule has 0 atom stereocenters. The van der Waals surface area contributed by atoms with Crippen LogP contribution in [-0.2, 0) is 4.74 Å². The van der Waals surface area contributed by atoms with Crippen LogP contribution < -0.4 is 11.1 Å². The molecule has 4 heteroatoms. The van der Waals surface area contributed by atoms with Crippen molar-refractivity contribution in [1.29, 1.82) is 0 Å². The number of hydrogen-bond acceptors (Lipinski definition) is 3. The van der Waals surface area contributed by atoms with Crippen LogP contribution in [0.2, 0.25) is 0 Å². The molecule has 1 amide bonds. The average molecular weight is 357 g/mol. The summed E-state index contributed by atoms with van der Waals surface area (Å²) in [5.74, 6) is 0. The smallest absolute Gasteiger partial charge is 0.407 e. The van der Waals surface area contributed by atoms with Crippen molar-refractivity contribution in [3.8, 4) is 0 Å². The largest absolute Gasteiger partial charge is 0.444 e. The zero-order chi connectivity index (χ0) is 18.8. The molecule has 4 nitrogen and oxygen atoms in total. The van der Waals surface area contributed by atoms with Crippen LogP contribution in [0.4, 0.5) is 4.79 Å². The second-order valence-electron chi connectivity index (χ2n) is 8.17. The molecule has 0 rings (SSSR count). The minimum atomic E-state index is -0.408. The van der Waals surface area contributed by atoms with Crippen molar-refractivity contribution in [2.45, 2.75) is 116 Å². The Labute approximate surface area is 156 Å². The summed E-state index contributed by atoms with van der Waals surface area (Å²) in [6.45, 7) is 7.22. The highest BCUT2D eigenvalue weighted by Crippen LogP contribution is 2.13. The standard InChI is InChI=1S/C21H44N2O2/c1-21(2,3)25-20(24)23-19-17-15-13-11-9-7-5-4-6-8-10-12-14-16-18-22/h4-19,22H2,1-3H3,(H,23,24). The number of amides is 1.